The quantitative estimate of drug-likeness (QED) is 0.578. The Balaban J connectivity index is 2.23. The van der Waals surface area contributed by atoms with Crippen LogP contribution in [0.15, 0.2) is 36.4 Å². The van der Waals surface area contributed by atoms with Gasteiger partial charge in [0, 0.05) is 25.7 Å². The zero-order valence-electron chi connectivity index (χ0n) is 14.0. The van der Waals surface area contributed by atoms with Crippen LogP contribution in [0.3, 0.4) is 0 Å². The van der Waals surface area contributed by atoms with E-state index >= 15 is 0 Å². The molecule has 1 amide bonds. The van der Waals surface area contributed by atoms with E-state index in [-0.39, 0.29) is 22.8 Å². The topological polar surface area (TPSA) is 81.9 Å². The number of ether oxygens (including phenoxy) is 2. The SMILES string of the molecule is COc1ccc(CN(C)C(=O)c2cc([N+](=O)[O-])ccc2Cl)cc1OC. The Morgan fingerprint density at radius 1 is 1.16 bits per heavy atom. The first kappa shape index (κ1) is 18.5. The highest BCUT2D eigenvalue weighted by Gasteiger charge is 2.19. The molecule has 0 fully saturated rings. The summed E-state index contributed by atoms with van der Waals surface area (Å²) in [4.78, 5) is 24.3. The highest BCUT2D eigenvalue weighted by molar-refractivity contribution is 6.33. The Hall–Kier alpha value is -2.80. The van der Waals surface area contributed by atoms with Gasteiger partial charge < -0.3 is 14.4 Å². The fourth-order valence-corrected chi connectivity index (χ4v) is 2.52. The minimum absolute atomic E-state index is 0.0823. The fourth-order valence-electron chi connectivity index (χ4n) is 2.32. The molecular weight excluding hydrogens is 348 g/mol. The van der Waals surface area contributed by atoms with E-state index in [2.05, 4.69) is 0 Å². The van der Waals surface area contributed by atoms with Crippen LogP contribution in [0.1, 0.15) is 15.9 Å². The monoisotopic (exact) mass is 364 g/mol. The summed E-state index contributed by atoms with van der Waals surface area (Å²) in [6, 6.07) is 9.09. The summed E-state index contributed by atoms with van der Waals surface area (Å²) in [5, 5.41) is 11.1. The smallest absolute Gasteiger partial charge is 0.270 e. The zero-order valence-corrected chi connectivity index (χ0v) is 14.7. The molecule has 0 aromatic heterocycles. The average molecular weight is 365 g/mol. The van der Waals surface area contributed by atoms with Gasteiger partial charge in [0.25, 0.3) is 11.6 Å². The molecule has 0 aliphatic rings. The molecular formula is C17H17ClN2O5. The Morgan fingerprint density at radius 3 is 2.44 bits per heavy atom. The molecule has 0 aliphatic heterocycles. The molecule has 0 heterocycles. The van der Waals surface area contributed by atoms with Crippen LogP contribution in [0.4, 0.5) is 5.69 Å². The number of carbonyl (C=O) groups excluding carboxylic acids is 1. The van der Waals surface area contributed by atoms with Crippen LogP contribution < -0.4 is 9.47 Å². The molecule has 2 aromatic carbocycles. The van der Waals surface area contributed by atoms with E-state index in [0.717, 1.165) is 5.56 Å². The van der Waals surface area contributed by atoms with Crippen molar-refractivity contribution in [2.45, 2.75) is 6.54 Å². The number of nitrogens with zero attached hydrogens (tertiary/aromatic N) is 2. The van der Waals surface area contributed by atoms with E-state index in [9.17, 15) is 14.9 Å². The molecule has 2 rings (SSSR count). The van der Waals surface area contributed by atoms with E-state index in [1.165, 1.54) is 37.3 Å². The molecule has 0 saturated carbocycles. The van der Waals surface area contributed by atoms with Crippen LogP contribution in [-0.2, 0) is 6.54 Å². The van der Waals surface area contributed by atoms with Crippen LogP contribution in [-0.4, -0.2) is 37.0 Å². The van der Waals surface area contributed by atoms with Crippen molar-refractivity contribution in [3.8, 4) is 11.5 Å². The summed E-state index contributed by atoms with van der Waals surface area (Å²) in [6.45, 7) is 0.276. The van der Waals surface area contributed by atoms with E-state index < -0.39 is 10.8 Å². The van der Waals surface area contributed by atoms with Crippen molar-refractivity contribution in [2.75, 3.05) is 21.3 Å². The molecule has 7 nitrogen and oxygen atoms in total. The summed E-state index contributed by atoms with van der Waals surface area (Å²) < 4.78 is 10.4. The van der Waals surface area contributed by atoms with Crippen molar-refractivity contribution in [1.82, 2.24) is 4.90 Å². The van der Waals surface area contributed by atoms with Crippen molar-refractivity contribution in [1.29, 1.82) is 0 Å². The minimum atomic E-state index is -0.568. The normalized spacial score (nSPS) is 10.2. The van der Waals surface area contributed by atoms with Gasteiger partial charge in [-0.25, -0.2) is 0 Å². The molecule has 0 radical (unpaired) electrons. The molecule has 0 N–H and O–H groups in total. The Kier molecular flexibility index (Phi) is 5.82. The third-order valence-corrected chi connectivity index (χ3v) is 3.94. The molecule has 0 bridgehead atoms. The standard InChI is InChI=1S/C17H17ClN2O5/c1-19(10-11-4-7-15(24-2)16(8-11)25-3)17(21)13-9-12(20(22)23)5-6-14(13)18/h4-9H,10H2,1-3H3. The van der Waals surface area contributed by atoms with Crippen LogP contribution in [0.2, 0.25) is 5.02 Å². The van der Waals surface area contributed by atoms with Crippen molar-refractivity contribution in [3.63, 3.8) is 0 Å². The number of hydrogen-bond acceptors (Lipinski definition) is 5. The summed E-state index contributed by atoms with van der Waals surface area (Å²) >= 11 is 6.02. The molecule has 132 valence electrons. The summed E-state index contributed by atoms with van der Waals surface area (Å²) in [5.74, 6) is 0.722. The molecule has 2 aromatic rings. The first-order valence-corrected chi connectivity index (χ1v) is 7.65. The maximum absolute atomic E-state index is 12.6. The minimum Gasteiger partial charge on any atom is -0.493 e. The molecule has 0 atom stereocenters. The van der Waals surface area contributed by atoms with Crippen LogP contribution in [0, 0.1) is 10.1 Å². The first-order valence-electron chi connectivity index (χ1n) is 7.27. The lowest BCUT2D eigenvalue weighted by Gasteiger charge is -2.19. The third-order valence-electron chi connectivity index (χ3n) is 3.61. The second-order valence-corrected chi connectivity index (χ2v) is 5.68. The van der Waals surface area contributed by atoms with Crippen molar-refractivity contribution < 1.29 is 19.2 Å². The Bertz CT molecular complexity index is 810. The van der Waals surface area contributed by atoms with E-state index in [1.807, 2.05) is 0 Å². The summed E-state index contributed by atoms with van der Waals surface area (Å²) in [7, 11) is 4.66. The van der Waals surface area contributed by atoms with Crippen LogP contribution >= 0.6 is 11.6 Å². The predicted octanol–water partition coefficient (Wildman–Crippen LogP) is 3.54. The third kappa shape index (κ3) is 4.19. The zero-order chi connectivity index (χ0) is 18.6. The van der Waals surface area contributed by atoms with Gasteiger partial charge in [0.05, 0.1) is 29.7 Å². The average Bonchev–Trinajstić information content (AvgIpc) is 2.61. The van der Waals surface area contributed by atoms with Gasteiger partial charge in [-0.1, -0.05) is 17.7 Å². The molecule has 0 unspecified atom stereocenters. The molecule has 8 heteroatoms. The lowest BCUT2D eigenvalue weighted by molar-refractivity contribution is -0.384. The summed E-state index contributed by atoms with van der Waals surface area (Å²) in [6.07, 6.45) is 0. The van der Waals surface area contributed by atoms with Gasteiger partial charge in [-0.3, -0.25) is 14.9 Å². The second-order valence-electron chi connectivity index (χ2n) is 5.27. The van der Waals surface area contributed by atoms with Crippen molar-refractivity contribution in [2.24, 2.45) is 0 Å². The number of rotatable bonds is 6. The number of non-ortho nitro benzene ring substituents is 1. The molecule has 25 heavy (non-hydrogen) atoms. The molecule has 0 saturated heterocycles. The number of amides is 1. The number of nitro groups is 1. The molecule has 0 aliphatic carbocycles. The molecule has 0 spiro atoms. The van der Waals surface area contributed by atoms with Gasteiger partial charge >= 0.3 is 0 Å². The Morgan fingerprint density at radius 2 is 1.84 bits per heavy atom. The number of nitro benzene ring substituents is 1. The largest absolute Gasteiger partial charge is 0.493 e. The number of carbonyl (C=O) groups is 1. The highest BCUT2D eigenvalue weighted by Crippen LogP contribution is 2.28. The van der Waals surface area contributed by atoms with Crippen LogP contribution in [0.25, 0.3) is 0 Å². The lowest BCUT2D eigenvalue weighted by atomic mass is 10.1. The maximum atomic E-state index is 12.6. The lowest BCUT2D eigenvalue weighted by Crippen LogP contribution is -2.26. The maximum Gasteiger partial charge on any atom is 0.270 e. The summed E-state index contributed by atoms with van der Waals surface area (Å²) in [5.41, 5.74) is 0.709. The van der Waals surface area contributed by atoms with Gasteiger partial charge in [-0.05, 0) is 23.8 Å². The van der Waals surface area contributed by atoms with Gasteiger partial charge in [0.1, 0.15) is 0 Å². The Labute approximate surface area is 149 Å². The van der Waals surface area contributed by atoms with Gasteiger partial charge in [0.2, 0.25) is 0 Å². The van der Waals surface area contributed by atoms with Gasteiger partial charge in [-0.2, -0.15) is 0 Å². The number of benzene rings is 2. The van der Waals surface area contributed by atoms with E-state index in [0.29, 0.717) is 11.5 Å². The number of hydrogen-bond donors (Lipinski definition) is 0. The van der Waals surface area contributed by atoms with E-state index in [4.69, 9.17) is 21.1 Å². The predicted molar refractivity (Wildman–Crippen MR) is 93.4 cm³/mol. The fraction of sp³-hybridized carbons (Fsp3) is 0.235. The van der Waals surface area contributed by atoms with Crippen LogP contribution in [0.5, 0.6) is 11.5 Å². The van der Waals surface area contributed by atoms with E-state index in [1.54, 1.807) is 25.2 Å². The number of halogens is 1. The van der Waals surface area contributed by atoms with Gasteiger partial charge in [-0.15, -0.1) is 0 Å². The van der Waals surface area contributed by atoms with Crippen molar-refractivity contribution >= 4 is 23.2 Å². The highest BCUT2D eigenvalue weighted by atomic mass is 35.5. The second kappa shape index (κ2) is 7.85. The van der Waals surface area contributed by atoms with Crippen molar-refractivity contribution in [3.05, 3.63) is 62.7 Å². The first-order chi connectivity index (χ1) is 11.9. The number of methoxy groups -OCH3 is 2. The van der Waals surface area contributed by atoms with Gasteiger partial charge in [0.15, 0.2) is 11.5 Å².